The zero-order chi connectivity index (χ0) is 28.3. The average Bonchev–Trinajstić information content (AvgIpc) is 2.98. The maximum Gasteiger partial charge on any atom is 0.261 e. The van der Waals surface area contributed by atoms with Gasteiger partial charge in [0.05, 0.1) is 26.3 Å². The van der Waals surface area contributed by atoms with Crippen LogP contribution in [-0.2, 0) is 0 Å². The zero-order valence-electron chi connectivity index (χ0n) is 22.4. The molecule has 8 heteroatoms. The van der Waals surface area contributed by atoms with Gasteiger partial charge in [-0.1, -0.05) is 24.3 Å². The third kappa shape index (κ3) is 3.60. The van der Waals surface area contributed by atoms with Gasteiger partial charge in [-0.15, -0.1) is 0 Å². The molecule has 0 radical (unpaired) electrons. The minimum atomic E-state index is -0.576. The van der Waals surface area contributed by atoms with Gasteiger partial charge in [0.1, 0.15) is 11.5 Å². The highest BCUT2D eigenvalue weighted by molar-refractivity contribution is 6.33. The number of carbonyl (C=O) groups excluding carboxylic acids is 4. The van der Waals surface area contributed by atoms with Crippen LogP contribution in [0.4, 0.5) is 0 Å². The van der Waals surface area contributed by atoms with Gasteiger partial charge in [0.15, 0.2) is 0 Å². The van der Waals surface area contributed by atoms with Crippen molar-refractivity contribution in [3.05, 3.63) is 106 Å². The number of hydrogen-bond donors (Lipinski definition) is 0. The number of benzene rings is 4. The van der Waals surface area contributed by atoms with Crippen LogP contribution in [-0.4, -0.2) is 47.6 Å². The quantitative estimate of drug-likeness (QED) is 0.300. The standard InChI is InChI=1S/C32H26N2O6/c1-17(19-7-5-9-21(15-19)39-3)33-29(35)23-11-13-25-28-26(14-12-24(27(23)28)30(33)36)32(38)34(31(25)37)18(2)20-8-6-10-22(16-20)40-4/h5-18H,1-4H3. The molecule has 2 aliphatic heterocycles. The van der Waals surface area contributed by atoms with E-state index in [1.54, 1.807) is 88.7 Å². The highest BCUT2D eigenvalue weighted by atomic mass is 16.5. The maximum absolute atomic E-state index is 13.8. The van der Waals surface area contributed by atoms with Crippen molar-refractivity contribution in [1.29, 1.82) is 0 Å². The third-order valence-corrected chi connectivity index (χ3v) is 7.88. The first-order valence-electron chi connectivity index (χ1n) is 12.9. The molecular weight excluding hydrogens is 508 g/mol. The molecule has 6 rings (SSSR count). The highest BCUT2D eigenvalue weighted by Crippen LogP contribution is 2.41. The molecule has 4 amide bonds. The van der Waals surface area contributed by atoms with Crippen molar-refractivity contribution in [2.45, 2.75) is 25.9 Å². The Labute approximate surface area is 230 Å². The van der Waals surface area contributed by atoms with E-state index in [-0.39, 0.29) is 22.3 Å². The molecular formula is C32H26N2O6. The maximum atomic E-state index is 13.8. The van der Waals surface area contributed by atoms with Crippen LogP contribution in [0.3, 0.4) is 0 Å². The van der Waals surface area contributed by atoms with Crippen molar-refractivity contribution in [3.8, 4) is 11.5 Å². The van der Waals surface area contributed by atoms with Crippen LogP contribution < -0.4 is 9.47 Å². The van der Waals surface area contributed by atoms with Crippen molar-refractivity contribution in [2.24, 2.45) is 0 Å². The van der Waals surface area contributed by atoms with Crippen LogP contribution in [0.5, 0.6) is 11.5 Å². The molecule has 40 heavy (non-hydrogen) atoms. The summed E-state index contributed by atoms with van der Waals surface area (Å²) in [5, 5.41) is 0.684. The number of rotatable bonds is 6. The predicted octanol–water partition coefficient (Wildman–Crippen LogP) is 5.57. The number of methoxy groups -OCH3 is 2. The summed E-state index contributed by atoms with van der Waals surface area (Å²) in [5.41, 5.74) is 2.59. The van der Waals surface area contributed by atoms with E-state index < -0.39 is 35.7 Å². The van der Waals surface area contributed by atoms with Crippen molar-refractivity contribution in [1.82, 2.24) is 9.80 Å². The monoisotopic (exact) mass is 534 g/mol. The summed E-state index contributed by atoms with van der Waals surface area (Å²) in [5.74, 6) is -0.700. The van der Waals surface area contributed by atoms with Gasteiger partial charge in [0, 0.05) is 33.0 Å². The normalized spacial score (nSPS) is 15.9. The van der Waals surface area contributed by atoms with E-state index >= 15 is 0 Å². The molecule has 4 aromatic carbocycles. The molecule has 8 nitrogen and oxygen atoms in total. The lowest BCUT2D eigenvalue weighted by molar-refractivity contribution is 0.0527. The number of nitrogens with zero attached hydrogens (tertiary/aromatic N) is 2. The summed E-state index contributed by atoms with van der Waals surface area (Å²) in [6.45, 7) is 3.56. The second kappa shape index (κ2) is 9.34. The molecule has 4 aromatic rings. The topological polar surface area (TPSA) is 93.2 Å². The van der Waals surface area contributed by atoms with Crippen LogP contribution >= 0.6 is 0 Å². The Bertz CT molecular complexity index is 1560. The number of carbonyl (C=O) groups is 4. The van der Waals surface area contributed by atoms with Crippen LogP contribution in [0.25, 0.3) is 10.8 Å². The second-order valence-electron chi connectivity index (χ2n) is 9.94. The molecule has 0 aliphatic carbocycles. The number of imide groups is 2. The SMILES string of the molecule is COc1cccc(C(C)N2C(=O)c3ccc4c5c(ccc(c35)C2=O)C(=O)N(C(C)c2cccc(OC)c2)C4=O)c1. The first kappa shape index (κ1) is 25.3. The molecule has 0 spiro atoms. The van der Waals surface area contributed by atoms with E-state index in [2.05, 4.69) is 0 Å². The third-order valence-electron chi connectivity index (χ3n) is 7.88. The Kier molecular flexibility index (Phi) is 5.91. The van der Waals surface area contributed by atoms with E-state index in [1.807, 2.05) is 12.1 Å². The van der Waals surface area contributed by atoms with Gasteiger partial charge in [-0.25, -0.2) is 0 Å². The summed E-state index contributed by atoms with van der Waals surface area (Å²) >= 11 is 0. The molecule has 2 unspecified atom stereocenters. The lowest BCUT2D eigenvalue weighted by atomic mass is 9.84. The average molecular weight is 535 g/mol. The predicted molar refractivity (Wildman–Crippen MR) is 148 cm³/mol. The fraction of sp³-hybridized carbons (Fsp3) is 0.188. The van der Waals surface area contributed by atoms with Crippen molar-refractivity contribution in [2.75, 3.05) is 14.2 Å². The first-order valence-corrected chi connectivity index (χ1v) is 12.9. The molecule has 2 atom stereocenters. The number of ether oxygens (including phenoxy) is 2. The Balaban J connectivity index is 1.44. The molecule has 2 aliphatic rings. The Morgan fingerprint density at radius 3 is 1.15 bits per heavy atom. The summed E-state index contributed by atoms with van der Waals surface area (Å²) in [7, 11) is 3.11. The number of amides is 4. The van der Waals surface area contributed by atoms with E-state index in [9.17, 15) is 19.2 Å². The molecule has 0 fully saturated rings. The Morgan fingerprint density at radius 1 is 0.525 bits per heavy atom. The number of hydrogen-bond acceptors (Lipinski definition) is 6. The molecule has 200 valence electrons. The zero-order valence-corrected chi connectivity index (χ0v) is 22.4. The molecule has 0 saturated carbocycles. The van der Waals surface area contributed by atoms with E-state index in [0.29, 0.717) is 22.3 Å². The van der Waals surface area contributed by atoms with Gasteiger partial charge in [0.25, 0.3) is 23.6 Å². The van der Waals surface area contributed by atoms with Crippen LogP contribution in [0.2, 0.25) is 0 Å². The van der Waals surface area contributed by atoms with Gasteiger partial charge in [0.2, 0.25) is 0 Å². The highest BCUT2D eigenvalue weighted by Gasteiger charge is 2.42. The second-order valence-corrected chi connectivity index (χ2v) is 9.94. The Hall–Kier alpha value is -4.98. The lowest BCUT2D eigenvalue weighted by Crippen LogP contribution is -2.44. The van der Waals surface area contributed by atoms with Crippen LogP contribution in [0.15, 0.2) is 72.8 Å². The van der Waals surface area contributed by atoms with Gasteiger partial charge < -0.3 is 9.47 Å². The summed E-state index contributed by atoms with van der Waals surface area (Å²) in [6.07, 6.45) is 0. The van der Waals surface area contributed by atoms with Gasteiger partial charge in [-0.05, 0) is 73.5 Å². The smallest absolute Gasteiger partial charge is 0.261 e. The van der Waals surface area contributed by atoms with Crippen LogP contribution in [0.1, 0.15) is 78.5 Å². The minimum Gasteiger partial charge on any atom is -0.497 e. The van der Waals surface area contributed by atoms with E-state index in [0.717, 1.165) is 11.1 Å². The van der Waals surface area contributed by atoms with Crippen molar-refractivity contribution >= 4 is 34.4 Å². The van der Waals surface area contributed by atoms with Gasteiger partial charge in [-0.3, -0.25) is 29.0 Å². The lowest BCUT2D eigenvalue weighted by Gasteiger charge is -2.36. The molecule has 0 aromatic heterocycles. The summed E-state index contributed by atoms with van der Waals surface area (Å²) < 4.78 is 10.6. The van der Waals surface area contributed by atoms with E-state index in [1.165, 1.54) is 9.80 Å². The minimum absolute atomic E-state index is 0.278. The molecule has 0 N–H and O–H groups in total. The molecule has 2 heterocycles. The fourth-order valence-electron chi connectivity index (χ4n) is 5.72. The largest absolute Gasteiger partial charge is 0.497 e. The van der Waals surface area contributed by atoms with Gasteiger partial charge >= 0.3 is 0 Å². The van der Waals surface area contributed by atoms with Gasteiger partial charge in [-0.2, -0.15) is 0 Å². The molecule has 0 saturated heterocycles. The fourth-order valence-corrected chi connectivity index (χ4v) is 5.72. The Morgan fingerprint density at radius 2 is 0.850 bits per heavy atom. The molecule has 0 bridgehead atoms. The first-order chi connectivity index (χ1) is 19.3. The van der Waals surface area contributed by atoms with Crippen molar-refractivity contribution < 1.29 is 28.7 Å². The van der Waals surface area contributed by atoms with E-state index in [4.69, 9.17) is 9.47 Å². The summed E-state index contributed by atoms with van der Waals surface area (Å²) in [6, 6.07) is 19.6. The summed E-state index contributed by atoms with van der Waals surface area (Å²) in [4.78, 5) is 57.5. The van der Waals surface area contributed by atoms with Crippen molar-refractivity contribution in [3.63, 3.8) is 0 Å². The van der Waals surface area contributed by atoms with Crippen LogP contribution in [0, 0.1) is 0 Å².